The van der Waals surface area contributed by atoms with Gasteiger partial charge in [-0.15, -0.1) is 0 Å². The maximum Gasteiger partial charge on any atom is 0.302 e. The summed E-state index contributed by atoms with van der Waals surface area (Å²) in [5.41, 5.74) is 0. The van der Waals surface area contributed by atoms with Crippen LogP contribution in [0, 0.1) is 0 Å². The quantitative estimate of drug-likeness (QED) is 0.725. The average molecular weight is 256 g/mol. The predicted molar refractivity (Wildman–Crippen MR) is 67.1 cm³/mol. The second-order valence-electron chi connectivity index (χ2n) is 5.32. The molecule has 0 radical (unpaired) electrons. The standard InChI is InChI=1S/C14H24O4/c1-11(15)16-10-13-8-5-9-14(18-13)17-12-6-3-2-4-7-12/h12-14H,2-10H2,1H3/t13-,14+/m1/s1. The van der Waals surface area contributed by atoms with Crippen molar-refractivity contribution in [2.45, 2.75) is 76.8 Å². The number of carbonyl (C=O) groups excluding carboxylic acids is 1. The van der Waals surface area contributed by atoms with Crippen molar-refractivity contribution in [3.63, 3.8) is 0 Å². The molecule has 4 nitrogen and oxygen atoms in total. The van der Waals surface area contributed by atoms with Crippen LogP contribution < -0.4 is 0 Å². The Kier molecular flexibility index (Phi) is 5.45. The molecule has 2 aliphatic rings. The molecule has 0 unspecified atom stereocenters. The summed E-state index contributed by atoms with van der Waals surface area (Å²) < 4.78 is 16.8. The van der Waals surface area contributed by atoms with E-state index in [0.29, 0.717) is 12.7 Å². The molecule has 0 aromatic heterocycles. The van der Waals surface area contributed by atoms with Crippen LogP contribution in [0.4, 0.5) is 0 Å². The maximum absolute atomic E-state index is 10.8. The molecule has 1 aliphatic heterocycles. The summed E-state index contributed by atoms with van der Waals surface area (Å²) in [6, 6.07) is 0. The Bertz CT molecular complexity index is 261. The molecule has 1 heterocycles. The summed E-state index contributed by atoms with van der Waals surface area (Å²) >= 11 is 0. The molecule has 1 aliphatic carbocycles. The maximum atomic E-state index is 10.8. The molecule has 2 rings (SSSR count). The van der Waals surface area contributed by atoms with Gasteiger partial charge >= 0.3 is 5.97 Å². The SMILES string of the molecule is CC(=O)OC[C@H]1CCC[C@@H](OC2CCCCC2)O1. The van der Waals surface area contributed by atoms with E-state index in [-0.39, 0.29) is 18.4 Å². The Labute approximate surface area is 109 Å². The number of rotatable bonds is 4. The average Bonchev–Trinajstić information content (AvgIpc) is 2.38. The van der Waals surface area contributed by atoms with Crippen LogP contribution in [0.1, 0.15) is 58.3 Å². The summed E-state index contributed by atoms with van der Waals surface area (Å²) in [5, 5.41) is 0. The van der Waals surface area contributed by atoms with Crippen LogP contribution in [0.3, 0.4) is 0 Å². The first kappa shape index (κ1) is 13.8. The minimum atomic E-state index is -0.242. The van der Waals surface area contributed by atoms with Crippen molar-refractivity contribution in [3.05, 3.63) is 0 Å². The zero-order valence-electron chi connectivity index (χ0n) is 11.2. The molecule has 18 heavy (non-hydrogen) atoms. The topological polar surface area (TPSA) is 44.8 Å². The number of carbonyl (C=O) groups is 1. The van der Waals surface area contributed by atoms with Crippen LogP contribution in [0.2, 0.25) is 0 Å². The first-order valence-electron chi connectivity index (χ1n) is 7.18. The Hall–Kier alpha value is -0.610. The first-order chi connectivity index (χ1) is 8.74. The minimum Gasteiger partial charge on any atom is -0.463 e. The van der Waals surface area contributed by atoms with E-state index < -0.39 is 0 Å². The number of hydrogen-bond donors (Lipinski definition) is 0. The van der Waals surface area contributed by atoms with Gasteiger partial charge in [-0.05, 0) is 32.1 Å². The van der Waals surface area contributed by atoms with Gasteiger partial charge in [0.2, 0.25) is 0 Å². The Morgan fingerprint density at radius 2 is 1.89 bits per heavy atom. The molecule has 0 aromatic carbocycles. The van der Waals surface area contributed by atoms with Crippen LogP contribution in [0.15, 0.2) is 0 Å². The highest BCUT2D eigenvalue weighted by Gasteiger charge is 2.26. The van der Waals surface area contributed by atoms with Crippen LogP contribution in [0.5, 0.6) is 0 Å². The van der Waals surface area contributed by atoms with E-state index in [2.05, 4.69) is 0 Å². The first-order valence-corrected chi connectivity index (χ1v) is 7.18. The molecule has 0 aromatic rings. The molecule has 2 atom stereocenters. The number of hydrogen-bond acceptors (Lipinski definition) is 4. The summed E-state index contributed by atoms with van der Waals surface area (Å²) in [6.07, 6.45) is 9.50. The lowest BCUT2D eigenvalue weighted by Crippen LogP contribution is -2.36. The van der Waals surface area contributed by atoms with Gasteiger partial charge in [-0.1, -0.05) is 19.3 Å². The van der Waals surface area contributed by atoms with E-state index in [9.17, 15) is 4.79 Å². The highest BCUT2D eigenvalue weighted by Crippen LogP contribution is 2.26. The lowest BCUT2D eigenvalue weighted by Gasteiger charge is -2.33. The zero-order chi connectivity index (χ0) is 12.8. The second-order valence-corrected chi connectivity index (χ2v) is 5.32. The molecular weight excluding hydrogens is 232 g/mol. The lowest BCUT2D eigenvalue weighted by molar-refractivity contribution is -0.226. The summed E-state index contributed by atoms with van der Waals surface area (Å²) in [4.78, 5) is 10.8. The van der Waals surface area contributed by atoms with Gasteiger partial charge in [-0.3, -0.25) is 4.79 Å². The van der Waals surface area contributed by atoms with E-state index in [1.807, 2.05) is 0 Å². The van der Waals surface area contributed by atoms with Crippen LogP contribution in [-0.4, -0.2) is 31.1 Å². The van der Waals surface area contributed by atoms with E-state index >= 15 is 0 Å². The van der Waals surface area contributed by atoms with E-state index in [0.717, 1.165) is 32.1 Å². The summed E-state index contributed by atoms with van der Waals surface area (Å²) in [6.45, 7) is 1.79. The van der Waals surface area contributed by atoms with Gasteiger partial charge in [0.05, 0.1) is 12.2 Å². The van der Waals surface area contributed by atoms with E-state index in [4.69, 9.17) is 14.2 Å². The highest BCUT2D eigenvalue weighted by molar-refractivity contribution is 5.65. The minimum absolute atomic E-state index is 0.0104. The van der Waals surface area contributed by atoms with Crippen molar-refractivity contribution in [2.75, 3.05) is 6.61 Å². The van der Waals surface area contributed by atoms with Crippen LogP contribution >= 0.6 is 0 Å². The molecule has 0 amide bonds. The highest BCUT2D eigenvalue weighted by atomic mass is 16.7. The van der Waals surface area contributed by atoms with Crippen molar-refractivity contribution in [1.29, 1.82) is 0 Å². The van der Waals surface area contributed by atoms with Gasteiger partial charge < -0.3 is 14.2 Å². The lowest BCUT2D eigenvalue weighted by atomic mass is 9.97. The van der Waals surface area contributed by atoms with Gasteiger partial charge in [0.1, 0.15) is 6.61 Å². The van der Waals surface area contributed by atoms with Gasteiger partial charge in [-0.2, -0.15) is 0 Å². The van der Waals surface area contributed by atoms with Crippen molar-refractivity contribution in [2.24, 2.45) is 0 Å². The smallest absolute Gasteiger partial charge is 0.302 e. The largest absolute Gasteiger partial charge is 0.463 e. The van der Waals surface area contributed by atoms with Crippen LogP contribution in [-0.2, 0) is 19.0 Å². The van der Waals surface area contributed by atoms with Crippen molar-refractivity contribution >= 4 is 5.97 Å². The predicted octanol–water partition coefficient (Wildman–Crippen LogP) is 2.79. The van der Waals surface area contributed by atoms with Gasteiger partial charge in [0.25, 0.3) is 0 Å². The van der Waals surface area contributed by atoms with E-state index in [1.54, 1.807) is 0 Å². The molecule has 1 saturated heterocycles. The van der Waals surface area contributed by atoms with Crippen molar-refractivity contribution in [1.82, 2.24) is 0 Å². The third-order valence-corrected chi connectivity index (χ3v) is 3.68. The fourth-order valence-corrected chi connectivity index (χ4v) is 2.71. The normalized spacial score (nSPS) is 30.1. The Morgan fingerprint density at radius 1 is 1.11 bits per heavy atom. The molecule has 1 saturated carbocycles. The van der Waals surface area contributed by atoms with Crippen molar-refractivity contribution < 1.29 is 19.0 Å². The molecule has 104 valence electrons. The van der Waals surface area contributed by atoms with E-state index in [1.165, 1.54) is 26.2 Å². The van der Waals surface area contributed by atoms with Gasteiger partial charge in [-0.25, -0.2) is 0 Å². The monoisotopic (exact) mass is 256 g/mol. The third kappa shape index (κ3) is 4.58. The molecule has 0 spiro atoms. The van der Waals surface area contributed by atoms with Gasteiger partial charge in [0.15, 0.2) is 6.29 Å². The van der Waals surface area contributed by atoms with Crippen molar-refractivity contribution in [3.8, 4) is 0 Å². The Balaban J connectivity index is 1.70. The zero-order valence-corrected chi connectivity index (χ0v) is 11.2. The van der Waals surface area contributed by atoms with Crippen LogP contribution in [0.25, 0.3) is 0 Å². The third-order valence-electron chi connectivity index (χ3n) is 3.68. The molecule has 0 bridgehead atoms. The fraction of sp³-hybridized carbons (Fsp3) is 0.929. The molecule has 0 N–H and O–H groups in total. The molecule has 4 heteroatoms. The molecular formula is C14H24O4. The van der Waals surface area contributed by atoms with Gasteiger partial charge in [0, 0.05) is 6.92 Å². The summed E-state index contributed by atoms with van der Waals surface area (Å²) in [5.74, 6) is -0.242. The number of ether oxygens (including phenoxy) is 3. The Morgan fingerprint density at radius 3 is 2.61 bits per heavy atom. The summed E-state index contributed by atoms with van der Waals surface area (Å²) in [7, 11) is 0. The molecule has 2 fully saturated rings. The fourth-order valence-electron chi connectivity index (χ4n) is 2.71. The number of esters is 1. The second kappa shape index (κ2) is 7.10.